The summed E-state index contributed by atoms with van der Waals surface area (Å²) in [6, 6.07) is 17.8. The molecule has 0 atom stereocenters. The molecule has 0 aliphatic carbocycles. The van der Waals surface area contributed by atoms with Gasteiger partial charge in [0, 0.05) is 0 Å². The minimum absolute atomic E-state index is 0.00806. The molecule has 4 nitrogen and oxygen atoms in total. The Morgan fingerprint density at radius 1 is 1.07 bits per heavy atom. The van der Waals surface area contributed by atoms with E-state index in [1.807, 2.05) is 42.5 Å². The van der Waals surface area contributed by atoms with Gasteiger partial charge in [-0.1, -0.05) is 41.7 Å². The summed E-state index contributed by atoms with van der Waals surface area (Å²) in [5.41, 5.74) is 4.33. The van der Waals surface area contributed by atoms with Crippen LogP contribution in [0.3, 0.4) is 0 Å². The topological polar surface area (TPSA) is 46.3 Å². The molecule has 0 bridgehead atoms. The number of hydrogen-bond acceptors (Lipinski definition) is 4. The van der Waals surface area contributed by atoms with Crippen LogP contribution in [-0.4, -0.2) is 10.9 Å². The highest BCUT2D eigenvalue weighted by molar-refractivity contribution is 7.22. The van der Waals surface area contributed by atoms with Gasteiger partial charge in [-0.3, -0.25) is 9.69 Å². The lowest BCUT2D eigenvalue weighted by Gasteiger charge is -2.19. The lowest BCUT2D eigenvalue weighted by molar-refractivity contribution is -0.118. The summed E-state index contributed by atoms with van der Waals surface area (Å²) in [5.74, 6) is 0.747. The van der Waals surface area contributed by atoms with E-state index in [2.05, 4.69) is 31.0 Å². The standard InChI is InChI=1S/C22H20N2O2S/c1-15-9-10-17(12-16(15)2)13-21(25)24(14-18-6-5-11-26-18)22-23-19-7-3-4-8-20(19)27-22/h3-12H,13-14H2,1-2H3. The first-order valence-electron chi connectivity index (χ1n) is 8.84. The SMILES string of the molecule is Cc1ccc(CC(=O)N(Cc2ccco2)c2nc3ccccc3s2)cc1C. The van der Waals surface area contributed by atoms with Gasteiger partial charge < -0.3 is 4.42 Å². The first kappa shape index (κ1) is 17.5. The van der Waals surface area contributed by atoms with Crippen LogP contribution in [0.1, 0.15) is 22.5 Å². The third-order valence-corrected chi connectivity index (χ3v) is 5.69. The van der Waals surface area contributed by atoms with Crippen LogP contribution in [0.5, 0.6) is 0 Å². The summed E-state index contributed by atoms with van der Waals surface area (Å²) < 4.78 is 6.54. The van der Waals surface area contributed by atoms with E-state index in [1.165, 1.54) is 22.5 Å². The molecule has 4 aromatic rings. The predicted molar refractivity (Wildman–Crippen MR) is 109 cm³/mol. The maximum atomic E-state index is 13.2. The zero-order chi connectivity index (χ0) is 18.8. The van der Waals surface area contributed by atoms with E-state index >= 15 is 0 Å². The van der Waals surface area contributed by atoms with Gasteiger partial charge >= 0.3 is 0 Å². The number of hydrogen-bond donors (Lipinski definition) is 0. The Labute approximate surface area is 162 Å². The molecule has 4 rings (SSSR count). The number of fused-ring (bicyclic) bond motifs is 1. The smallest absolute Gasteiger partial charge is 0.233 e. The van der Waals surface area contributed by atoms with Crippen LogP contribution in [-0.2, 0) is 17.8 Å². The second-order valence-electron chi connectivity index (χ2n) is 6.62. The molecule has 0 unspecified atom stereocenters. The summed E-state index contributed by atoms with van der Waals surface area (Å²) in [4.78, 5) is 19.6. The number of anilines is 1. The maximum Gasteiger partial charge on any atom is 0.233 e. The van der Waals surface area contributed by atoms with Crippen LogP contribution in [0, 0.1) is 13.8 Å². The molecule has 2 heterocycles. The summed E-state index contributed by atoms with van der Waals surface area (Å²) in [6.07, 6.45) is 1.96. The summed E-state index contributed by atoms with van der Waals surface area (Å²) >= 11 is 1.52. The molecule has 2 aromatic carbocycles. The number of carbonyl (C=O) groups is 1. The minimum Gasteiger partial charge on any atom is -0.467 e. The van der Waals surface area contributed by atoms with Gasteiger partial charge in [0.15, 0.2) is 5.13 Å². The molecule has 1 amide bonds. The molecule has 0 N–H and O–H groups in total. The molecule has 136 valence electrons. The Bertz CT molecular complexity index is 1050. The van der Waals surface area contributed by atoms with Crippen molar-refractivity contribution in [2.45, 2.75) is 26.8 Å². The second-order valence-corrected chi connectivity index (χ2v) is 7.63. The largest absolute Gasteiger partial charge is 0.467 e. The molecule has 5 heteroatoms. The zero-order valence-corrected chi connectivity index (χ0v) is 16.1. The van der Waals surface area contributed by atoms with Gasteiger partial charge in [-0.25, -0.2) is 4.98 Å². The Morgan fingerprint density at radius 2 is 1.93 bits per heavy atom. The highest BCUT2D eigenvalue weighted by Gasteiger charge is 2.21. The Morgan fingerprint density at radius 3 is 2.67 bits per heavy atom. The zero-order valence-electron chi connectivity index (χ0n) is 15.3. The third kappa shape index (κ3) is 3.78. The third-order valence-electron chi connectivity index (χ3n) is 4.64. The van der Waals surface area contributed by atoms with Gasteiger partial charge in [0.2, 0.25) is 5.91 Å². The van der Waals surface area contributed by atoms with Crippen molar-refractivity contribution in [3.8, 4) is 0 Å². The highest BCUT2D eigenvalue weighted by Crippen LogP contribution is 2.30. The quantitative estimate of drug-likeness (QED) is 0.476. The molecular formula is C22H20N2O2S. The Kier molecular flexibility index (Phi) is 4.77. The average Bonchev–Trinajstić information content (AvgIpc) is 3.31. The Balaban J connectivity index is 1.66. The molecule has 0 saturated carbocycles. The van der Waals surface area contributed by atoms with Crippen molar-refractivity contribution >= 4 is 32.6 Å². The van der Waals surface area contributed by atoms with Crippen LogP contribution in [0.15, 0.2) is 65.3 Å². The second kappa shape index (κ2) is 7.37. The molecular weight excluding hydrogens is 356 g/mol. The predicted octanol–water partition coefficient (Wildman–Crippen LogP) is 5.28. The number of benzene rings is 2. The van der Waals surface area contributed by atoms with Crippen molar-refractivity contribution < 1.29 is 9.21 Å². The number of aromatic nitrogens is 1. The van der Waals surface area contributed by atoms with E-state index in [1.54, 1.807) is 11.2 Å². The molecule has 0 fully saturated rings. The lowest BCUT2D eigenvalue weighted by Crippen LogP contribution is -2.31. The molecule has 2 aromatic heterocycles. The summed E-state index contributed by atoms with van der Waals surface area (Å²) in [7, 11) is 0. The van der Waals surface area contributed by atoms with E-state index in [4.69, 9.17) is 4.42 Å². The maximum absolute atomic E-state index is 13.2. The fourth-order valence-corrected chi connectivity index (χ4v) is 3.96. The highest BCUT2D eigenvalue weighted by atomic mass is 32.1. The van der Waals surface area contributed by atoms with Crippen molar-refractivity contribution in [1.82, 2.24) is 4.98 Å². The molecule has 0 spiro atoms. The van der Waals surface area contributed by atoms with Gasteiger partial charge in [-0.2, -0.15) is 0 Å². The van der Waals surface area contributed by atoms with Gasteiger partial charge in [-0.15, -0.1) is 0 Å². The average molecular weight is 376 g/mol. The lowest BCUT2D eigenvalue weighted by atomic mass is 10.0. The van der Waals surface area contributed by atoms with E-state index in [-0.39, 0.29) is 5.91 Å². The van der Waals surface area contributed by atoms with Crippen molar-refractivity contribution in [1.29, 1.82) is 0 Å². The van der Waals surface area contributed by atoms with Crippen LogP contribution < -0.4 is 4.90 Å². The van der Waals surface area contributed by atoms with E-state index < -0.39 is 0 Å². The van der Waals surface area contributed by atoms with Crippen molar-refractivity contribution in [2.24, 2.45) is 0 Å². The monoisotopic (exact) mass is 376 g/mol. The van der Waals surface area contributed by atoms with E-state index in [9.17, 15) is 4.79 Å². The van der Waals surface area contributed by atoms with Crippen molar-refractivity contribution in [3.05, 3.63) is 83.3 Å². The number of thiazole rings is 1. The number of carbonyl (C=O) groups excluding carboxylic acids is 1. The van der Waals surface area contributed by atoms with Gasteiger partial charge in [0.25, 0.3) is 0 Å². The van der Waals surface area contributed by atoms with Gasteiger partial charge in [-0.05, 0) is 54.8 Å². The van der Waals surface area contributed by atoms with Gasteiger partial charge in [0.05, 0.1) is 29.4 Å². The number of amides is 1. The molecule has 0 aliphatic rings. The summed E-state index contributed by atoms with van der Waals surface area (Å²) in [5, 5.41) is 0.696. The Hall–Kier alpha value is -2.92. The van der Waals surface area contributed by atoms with Crippen molar-refractivity contribution in [3.63, 3.8) is 0 Å². The van der Waals surface area contributed by atoms with E-state index in [0.29, 0.717) is 18.1 Å². The van der Waals surface area contributed by atoms with E-state index in [0.717, 1.165) is 21.5 Å². The molecule has 0 radical (unpaired) electrons. The minimum atomic E-state index is 0.00806. The summed E-state index contributed by atoms with van der Waals surface area (Å²) in [6.45, 7) is 4.51. The fourth-order valence-electron chi connectivity index (χ4n) is 2.98. The van der Waals surface area contributed by atoms with Crippen molar-refractivity contribution in [2.75, 3.05) is 4.90 Å². The van der Waals surface area contributed by atoms with Crippen LogP contribution in [0.2, 0.25) is 0 Å². The first-order chi connectivity index (χ1) is 13.1. The normalized spacial score (nSPS) is 11.0. The van der Waals surface area contributed by atoms with Gasteiger partial charge in [0.1, 0.15) is 5.76 Å². The first-order valence-corrected chi connectivity index (χ1v) is 9.66. The number of aryl methyl sites for hydroxylation is 2. The van der Waals surface area contributed by atoms with Crippen LogP contribution in [0.4, 0.5) is 5.13 Å². The molecule has 0 aliphatic heterocycles. The number of para-hydroxylation sites is 1. The molecule has 0 saturated heterocycles. The van der Waals surface area contributed by atoms with Crippen LogP contribution >= 0.6 is 11.3 Å². The number of rotatable bonds is 5. The molecule has 27 heavy (non-hydrogen) atoms. The fraction of sp³-hybridized carbons (Fsp3) is 0.182. The number of nitrogens with zero attached hydrogens (tertiary/aromatic N) is 2. The number of furan rings is 1. The van der Waals surface area contributed by atoms with Crippen LogP contribution in [0.25, 0.3) is 10.2 Å².